The van der Waals surface area contributed by atoms with Crippen LogP contribution in [0.2, 0.25) is 0 Å². The molecule has 2 saturated heterocycles. The van der Waals surface area contributed by atoms with Gasteiger partial charge in [0.2, 0.25) is 0 Å². The van der Waals surface area contributed by atoms with Gasteiger partial charge in [-0.15, -0.1) is 0 Å². The van der Waals surface area contributed by atoms with Crippen LogP contribution in [0.4, 0.5) is 0 Å². The molecule has 0 aromatic rings. The maximum Gasteiger partial charge on any atom is 0.303 e. The molecular formula is C20H30O15. The Bertz CT molecular complexity index is 772. The lowest BCUT2D eigenvalue weighted by atomic mass is 9.97. The Hall–Kier alpha value is -2.40. The summed E-state index contributed by atoms with van der Waals surface area (Å²) in [6.07, 6.45) is -15.6. The van der Waals surface area contributed by atoms with E-state index in [1.165, 1.54) is 0 Å². The SMILES string of the molecule is CC(=O)OC[C@H]1O[C@@H](OC[C@H]2OC(O)[C@H](O)[C@@H](O)[C@H]2O)[C@H](OC(C)=O)[C@@H](OC(C)=O)[C@H]1OC(C)=O. The van der Waals surface area contributed by atoms with E-state index in [0.717, 1.165) is 27.7 Å². The fraction of sp³-hybridized carbons (Fsp3) is 0.800. The van der Waals surface area contributed by atoms with Crippen LogP contribution < -0.4 is 0 Å². The van der Waals surface area contributed by atoms with Crippen LogP contribution in [0.5, 0.6) is 0 Å². The molecule has 2 aliphatic rings. The highest BCUT2D eigenvalue weighted by Crippen LogP contribution is 2.31. The average molecular weight is 510 g/mol. The van der Waals surface area contributed by atoms with E-state index in [4.69, 9.17) is 33.2 Å². The van der Waals surface area contributed by atoms with Gasteiger partial charge in [0, 0.05) is 27.7 Å². The van der Waals surface area contributed by atoms with Crippen LogP contribution in [-0.2, 0) is 52.3 Å². The topological polar surface area (TPSA) is 214 Å². The lowest BCUT2D eigenvalue weighted by molar-refractivity contribution is -0.328. The van der Waals surface area contributed by atoms with Gasteiger partial charge in [0.15, 0.2) is 30.9 Å². The Morgan fingerprint density at radius 2 is 1.17 bits per heavy atom. The molecule has 35 heavy (non-hydrogen) atoms. The molecule has 0 saturated carbocycles. The molecule has 2 rings (SSSR count). The number of aliphatic hydroxyl groups is 4. The Morgan fingerprint density at radius 1 is 0.629 bits per heavy atom. The Labute approximate surface area is 199 Å². The molecule has 4 N–H and O–H groups in total. The number of esters is 4. The van der Waals surface area contributed by atoms with E-state index in [9.17, 15) is 39.6 Å². The van der Waals surface area contributed by atoms with Crippen molar-refractivity contribution in [3.8, 4) is 0 Å². The summed E-state index contributed by atoms with van der Waals surface area (Å²) in [5.41, 5.74) is 0. The van der Waals surface area contributed by atoms with Gasteiger partial charge in [0.05, 0.1) is 6.61 Å². The number of hydrogen-bond acceptors (Lipinski definition) is 15. The molecule has 0 amide bonds. The molecule has 0 aromatic carbocycles. The fourth-order valence-corrected chi connectivity index (χ4v) is 3.58. The molecule has 10 atom stereocenters. The van der Waals surface area contributed by atoms with Gasteiger partial charge in [-0.25, -0.2) is 0 Å². The number of hydrogen-bond donors (Lipinski definition) is 4. The molecule has 0 aliphatic carbocycles. The largest absolute Gasteiger partial charge is 0.463 e. The Balaban J connectivity index is 2.32. The number of ether oxygens (including phenoxy) is 7. The maximum atomic E-state index is 11.8. The first-order chi connectivity index (χ1) is 16.3. The van der Waals surface area contributed by atoms with Crippen molar-refractivity contribution >= 4 is 23.9 Å². The minimum Gasteiger partial charge on any atom is -0.463 e. The molecule has 200 valence electrons. The van der Waals surface area contributed by atoms with Crippen molar-refractivity contribution in [3.05, 3.63) is 0 Å². The summed E-state index contributed by atoms with van der Waals surface area (Å²) >= 11 is 0. The van der Waals surface area contributed by atoms with Crippen molar-refractivity contribution in [3.63, 3.8) is 0 Å². The average Bonchev–Trinajstić information content (AvgIpc) is 2.75. The summed E-state index contributed by atoms with van der Waals surface area (Å²) in [6, 6.07) is 0. The van der Waals surface area contributed by atoms with E-state index in [1.54, 1.807) is 0 Å². The molecule has 2 heterocycles. The number of carbonyl (C=O) groups excluding carboxylic acids is 4. The van der Waals surface area contributed by atoms with Crippen LogP contribution in [0.1, 0.15) is 27.7 Å². The van der Waals surface area contributed by atoms with E-state index in [2.05, 4.69) is 0 Å². The van der Waals surface area contributed by atoms with Crippen LogP contribution in [-0.4, -0.2) is 119 Å². The van der Waals surface area contributed by atoms with Crippen LogP contribution in [0, 0.1) is 0 Å². The van der Waals surface area contributed by atoms with Gasteiger partial charge in [-0.1, -0.05) is 0 Å². The van der Waals surface area contributed by atoms with E-state index in [0.29, 0.717) is 0 Å². The molecule has 0 bridgehead atoms. The number of aliphatic hydroxyl groups excluding tert-OH is 4. The first-order valence-electron chi connectivity index (χ1n) is 10.6. The van der Waals surface area contributed by atoms with Crippen molar-refractivity contribution in [2.75, 3.05) is 13.2 Å². The third kappa shape index (κ3) is 7.79. The first kappa shape index (κ1) is 28.8. The van der Waals surface area contributed by atoms with E-state index >= 15 is 0 Å². The molecule has 2 aliphatic heterocycles. The van der Waals surface area contributed by atoms with E-state index < -0.39 is 98.5 Å². The van der Waals surface area contributed by atoms with Gasteiger partial charge in [0.25, 0.3) is 0 Å². The zero-order valence-corrected chi connectivity index (χ0v) is 19.5. The standard InChI is InChI=1S/C20H30O15/c1-7(21)29-6-12-16(31-8(2)22)17(32-9(3)23)18(33-10(4)24)20(35-12)30-5-11-13(25)14(26)15(27)19(28)34-11/h11-20,25-28H,5-6H2,1-4H3/t11-,12-,13+,14+,15-,16+,17+,18-,19?,20-/m1/s1. The molecule has 15 nitrogen and oxygen atoms in total. The summed E-state index contributed by atoms with van der Waals surface area (Å²) in [5.74, 6) is -3.17. The van der Waals surface area contributed by atoms with Gasteiger partial charge < -0.3 is 53.6 Å². The molecule has 0 spiro atoms. The summed E-state index contributed by atoms with van der Waals surface area (Å²) < 4.78 is 37.0. The van der Waals surface area contributed by atoms with Gasteiger partial charge in [-0.3, -0.25) is 19.2 Å². The zero-order valence-electron chi connectivity index (χ0n) is 19.5. The van der Waals surface area contributed by atoms with Gasteiger partial charge in [0.1, 0.15) is 37.1 Å². The fourth-order valence-electron chi connectivity index (χ4n) is 3.58. The summed E-state index contributed by atoms with van der Waals surface area (Å²) in [6.45, 7) is 3.26. The Kier molecular flexibility index (Phi) is 10.3. The summed E-state index contributed by atoms with van der Waals surface area (Å²) in [5, 5.41) is 39.3. The van der Waals surface area contributed by atoms with Crippen molar-refractivity contribution in [1.29, 1.82) is 0 Å². The monoisotopic (exact) mass is 510 g/mol. The highest BCUT2D eigenvalue weighted by Gasteiger charge is 2.53. The molecule has 0 radical (unpaired) electrons. The third-order valence-electron chi connectivity index (χ3n) is 5.06. The molecule has 2 fully saturated rings. The van der Waals surface area contributed by atoms with E-state index in [-0.39, 0.29) is 0 Å². The van der Waals surface area contributed by atoms with Crippen LogP contribution in [0.15, 0.2) is 0 Å². The molecular weight excluding hydrogens is 480 g/mol. The second-order valence-corrected chi connectivity index (χ2v) is 7.94. The highest BCUT2D eigenvalue weighted by molar-refractivity contribution is 5.68. The predicted molar refractivity (Wildman–Crippen MR) is 107 cm³/mol. The van der Waals surface area contributed by atoms with Crippen molar-refractivity contribution in [1.82, 2.24) is 0 Å². The van der Waals surface area contributed by atoms with Gasteiger partial charge in [-0.2, -0.15) is 0 Å². The first-order valence-corrected chi connectivity index (χ1v) is 10.6. The normalized spacial score (nSPS) is 37.1. The number of carbonyl (C=O) groups is 4. The minimum absolute atomic E-state index is 0.468. The maximum absolute atomic E-state index is 11.8. The molecule has 1 unspecified atom stereocenters. The van der Waals surface area contributed by atoms with Crippen molar-refractivity contribution < 1.29 is 72.8 Å². The van der Waals surface area contributed by atoms with Crippen LogP contribution in [0.25, 0.3) is 0 Å². The smallest absolute Gasteiger partial charge is 0.303 e. The summed E-state index contributed by atoms with van der Waals surface area (Å²) in [4.78, 5) is 46.6. The minimum atomic E-state index is -1.84. The predicted octanol–water partition coefficient (Wildman–Crippen LogP) is -3.11. The zero-order chi connectivity index (χ0) is 26.4. The van der Waals surface area contributed by atoms with E-state index in [1.807, 2.05) is 0 Å². The van der Waals surface area contributed by atoms with Crippen LogP contribution >= 0.6 is 0 Å². The second kappa shape index (κ2) is 12.5. The van der Waals surface area contributed by atoms with Crippen molar-refractivity contribution in [2.45, 2.75) is 89.1 Å². The van der Waals surface area contributed by atoms with Crippen LogP contribution in [0.3, 0.4) is 0 Å². The second-order valence-electron chi connectivity index (χ2n) is 7.94. The molecule has 15 heteroatoms. The highest BCUT2D eigenvalue weighted by atomic mass is 16.7. The molecule has 0 aromatic heterocycles. The summed E-state index contributed by atoms with van der Waals surface area (Å²) in [7, 11) is 0. The third-order valence-corrected chi connectivity index (χ3v) is 5.06. The van der Waals surface area contributed by atoms with Crippen molar-refractivity contribution in [2.24, 2.45) is 0 Å². The van der Waals surface area contributed by atoms with Gasteiger partial charge in [-0.05, 0) is 0 Å². The van der Waals surface area contributed by atoms with Gasteiger partial charge >= 0.3 is 23.9 Å². The number of rotatable bonds is 8. The lowest BCUT2D eigenvalue weighted by Gasteiger charge is -2.45. The quantitative estimate of drug-likeness (QED) is 0.188. The Morgan fingerprint density at radius 3 is 1.71 bits per heavy atom. The lowest BCUT2D eigenvalue weighted by Crippen LogP contribution is -2.64.